The number of anilines is 1. The van der Waals surface area contributed by atoms with Gasteiger partial charge in [0.25, 0.3) is 0 Å². The van der Waals surface area contributed by atoms with E-state index in [-0.39, 0.29) is 6.42 Å². The third kappa shape index (κ3) is 8.15. The Morgan fingerprint density at radius 3 is 2.43 bits per heavy atom. The number of carbonyl (C=O) groups is 2. The molecule has 3 aromatic carbocycles. The average Bonchev–Trinajstić information content (AvgIpc) is 2.81. The molecule has 0 saturated carbocycles. The number of hydrogen-bond donors (Lipinski definition) is 2. The molecule has 2 amide bonds. The molecule has 3 aromatic rings. The number of amides is 2. The molecule has 0 atom stereocenters. The number of aryl methyl sites for hydroxylation is 2. The predicted molar refractivity (Wildman–Crippen MR) is 138 cm³/mol. The number of hydrazone groups is 1. The van der Waals surface area contributed by atoms with Crippen LogP contribution < -0.4 is 20.2 Å². The van der Waals surface area contributed by atoms with Crippen LogP contribution in [0.3, 0.4) is 0 Å². The summed E-state index contributed by atoms with van der Waals surface area (Å²) < 4.78 is 11.6. The van der Waals surface area contributed by atoms with Crippen molar-refractivity contribution in [2.75, 3.05) is 11.9 Å². The van der Waals surface area contributed by atoms with Crippen molar-refractivity contribution in [2.24, 2.45) is 5.10 Å². The topological polar surface area (TPSA) is 89.0 Å². The standard InChI is InChI=1S/C27H28ClN3O4/c1-4-34-25-14-21(8-12-24(25)35-17-20-6-9-22(28)10-7-20)16-29-31-27(33)15-26(32)30-23-11-5-18(2)13-19(23)3/h5-14,16H,4,15,17H2,1-3H3,(H,30,32)(H,31,33). The highest BCUT2D eigenvalue weighted by Crippen LogP contribution is 2.29. The lowest BCUT2D eigenvalue weighted by atomic mass is 10.1. The van der Waals surface area contributed by atoms with E-state index in [9.17, 15) is 9.59 Å². The number of rotatable bonds is 10. The van der Waals surface area contributed by atoms with Gasteiger partial charge in [-0.15, -0.1) is 0 Å². The van der Waals surface area contributed by atoms with E-state index in [2.05, 4.69) is 15.8 Å². The molecule has 182 valence electrons. The summed E-state index contributed by atoms with van der Waals surface area (Å²) in [6.07, 6.45) is 1.14. The van der Waals surface area contributed by atoms with Crippen molar-refractivity contribution < 1.29 is 19.1 Å². The summed E-state index contributed by atoms with van der Waals surface area (Å²) in [4.78, 5) is 24.3. The normalized spacial score (nSPS) is 10.7. The predicted octanol–water partition coefficient (Wildman–Crippen LogP) is 5.41. The van der Waals surface area contributed by atoms with Gasteiger partial charge in [-0.3, -0.25) is 9.59 Å². The van der Waals surface area contributed by atoms with E-state index in [1.54, 1.807) is 18.2 Å². The van der Waals surface area contributed by atoms with Crippen LogP contribution in [0.1, 0.15) is 35.6 Å². The first kappa shape index (κ1) is 25.8. The molecule has 3 rings (SSSR count). The minimum absolute atomic E-state index is 0.341. The maximum atomic E-state index is 12.2. The van der Waals surface area contributed by atoms with Gasteiger partial charge >= 0.3 is 0 Å². The maximum Gasteiger partial charge on any atom is 0.249 e. The first-order valence-electron chi connectivity index (χ1n) is 11.2. The monoisotopic (exact) mass is 493 g/mol. The van der Waals surface area contributed by atoms with Gasteiger partial charge in [0.1, 0.15) is 13.0 Å². The van der Waals surface area contributed by atoms with Gasteiger partial charge < -0.3 is 14.8 Å². The Morgan fingerprint density at radius 2 is 1.71 bits per heavy atom. The van der Waals surface area contributed by atoms with Crippen molar-refractivity contribution in [3.8, 4) is 11.5 Å². The Labute approximate surface area is 210 Å². The van der Waals surface area contributed by atoms with Gasteiger partial charge in [-0.1, -0.05) is 41.4 Å². The van der Waals surface area contributed by atoms with Gasteiger partial charge in [0.15, 0.2) is 11.5 Å². The molecule has 0 radical (unpaired) electrons. The minimum Gasteiger partial charge on any atom is -0.490 e. The third-order valence-corrected chi connectivity index (χ3v) is 5.21. The van der Waals surface area contributed by atoms with Crippen molar-refractivity contribution in [1.82, 2.24) is 5.43 Å². The molecule has 7 nitrogen and oxygen atoms in total. The molecule has 0 aliphatic heterocycles. The smallest absolute Gasteiger partial charge is 0.249 e. The summed E-state index contributed by atoms with van der Waals surface area (Å²) in [5.41, 5.74) is 6.77. The fourth-order valence-electron chi connectivity index (χ4n) is 3.25. The molecule has 0 bridgehead atoms. The lowest BCUT2D eigenvalue weighted by molar-refractivity contribution is -0.126. The number of nitrogens with one attached hydrogen (secondary N) is 2. The summed E-state index contributed by atoms with van der Waals surface area (Å²) in [6, 6.07) is 18.4. The number of hydrogen-bond acceptors (Lipinski definition) is 5. The average molecular weight is 494 g/mol. The highest BCUT2D eigenvalue weighted by Gasteiger charge is 2.11. The molecular weight excluding hydrogens is 466 g/mol. The van der Waals surface area contributed by atoms with Crippen LogP contribution in [0.15, 0.2) is 65.8 Å². The van der Waals surface area contributed by atoms with E-state index in [1.807, 2.05) is 63.2 Å². The van der Waals surface area contributed by atoms with Crippen molar-refractivity contribution in [1.29, 1.82) is 0 Å². The Bertz CT molecular complexity index is 1210. The van der Waals surface area contributed by atoms with Crippen LogP contribution in [0.2, 0.25) is 5.02 Å². The number of ether oxygens (including phenoxy) is 2. The van der Waals surface area contributed by atoms with Gasteiger partial charge in [0, 0.05) is 10.7 Å². The molecule has 0 unspecified atom stereocenters. The fourth-order valence-corrected chi connectivity index (χ4v) is 3.37. The molecule has 0 fully saturated rings. The largest absolute Gasteiger partial charge is 0.490 e. The van der Waals surface area contributed by atoms with E-state index in [4.69, 9.17) is 21.1 Å². The molecule has 2 N–H and O–H groups in total. The van der Waals surface area contributed by atoms with E-state index in [0.717, 1.165) is 16.7 Å². The van der Waals surface area contributed by atoms with Gasteiger partial charge in [-0.05, 0) is 73.9 Å². The molecule has 0 aliphatic rings. The summed E-state index contributed by atoms with van der Waals surface area (Å²) in [7, 11) is 0. The van der Waals surface area contributed by atoms with Gasteiger partial charge in [0.05, 0.1) is 12.8 Å². The Hall–Kier alpha value is -3.84. The second-order valence-corrected chi connectivity index (χ2v) is 8.33. The van der Waals surface area contributed by atoms with E-state index < -0.39 is 11.8 Å². The van der Waals surface area contributed by atoms with Gasteiger partial charge in [-0.2, -0.15) is 5.10 Å². The Morgan fingerprint density at radius 1 is 0.943 bits per heavy atom. The van der Waals surface area contributed by atoms with Gasteiger partial charge in [-0.25, -0.2) is 5.43 Å². The molecule has 0 aromatic heterocycles. The van der Waals surface area contributed by atoms with Crippen LogP contribution in [-0.4, -0.2) is 24.6 Å². The zero-order valence-corrected chi connectivity index (χ0v) is 20.7. The summed E-state index contributed by atoms with van der Waals surface area (Å²) >= 11 is 5.92. The first-order chi connectivity index (χ1) is 16.8. The molecule has 0 aliphatic carbocycles. The number of halogens is 1. The molecular formula is C27H28ClN3O4. The Balaban J connectivity index is 1.54. The van der Waals surface area contributed by atoms with Crippen molar-refractivity contribution >= 4 is 35.3 Å². The maximum absolute atomic E-state index is 12.2. The van der Waals surface area contributed by atoms with Crippen LogP contribution in [0.4, 0.5) is 5.69 Å². The molecule has 0 saturated heterocycles. The number of carbonyl (C=O) groups excluding carboxylic acids is 2. The van der Waals surface area contributed by atoms with Crippen molar-refractivity contribution in [3.05, 3.63) is 87.9 Å². The second-order valence-electron chi connectivity index (χ2n) is 7.89. The summed E-state index contributed by atoms with van der Waals surface area (Å²) in [5, 5.41) is 7.36. The molecule has 0 heterocycles. The highest BCUT2D eigenvalue weighted by atomic mass is 35.5. The lowest BCUT2D eigenvalue weighted by Crippen LogP contribution is -2.24. The zero-order chi connectivity index (χ0) is 25.2. The van der Waals surface area contributed by atoms with Crippen LogP contribution in [0.5, 0.6) is 11.5 Å². The summed E-state index contributed by atoms with van der Waals surface area (Å²) in [6.45, 7) is 6.59. The lowest BCUT2D eigenvalue weighted by Gasteiger charge is -2.12. The van der Waals surface area contributed by atoms with E-state index >= 15 is 0 Å². The molecule has 0 spiro atoms. The zero-order valence-electron chi connectivity index (χ0n) is 19.9. The third-order valence-electron chi connectivity index (χ3n) is 4.96. The SMILES string of the molecule is CCOc1cc(C=NNC(=O)CC(=O)Nc2ccc(C)cc2C)ccc1OCc1ccc(Cl)cc1. The molecule has 35 heavy (non-hydrogen) atoms. The van der Waals surface area contributed by atoms with E-state index in [0.29, 0.717) is 41.0 Å². The quantitative estimate of drug-likeness (QED) is 0.224. The Kier molecular flexibility index (Phi) is 9.26. The van der Waals surface area contributed by atoms with Crippen LogP contribution in [-0.2, 0) is 16.2 Å². The van der Waals surface area contributed by atoms with Crippen LogP contribution in [0.25, 0.3) is 0 Å². The highest BCUT2D eigenvalue weighted by molar-refractivity contribution is 6.30. The van der Waals surface area contributed by atoms with E-state index in [1.165, 1.54) is 6.21 Å². The number of nitrogens with zero attached hydrogens (tertiary/aromatic N) is 1. The number of benzene rings is 3. The van der Waals surface area contributed by atoms with Crippen molar-refractivity contribution in [2.45, 2.75) is 33.8 Å². The van der Waals surface area contributed by atoms with Crippen LogP contribution in [0, 0.1) is 13.8 Å². The molecule has 8 heteroatoms. The summed E-state index contributed by atoms with van der Waals surface area (Å²) in [5.74, 6) is 0.220. The van der Waals surface area contributed by atoms with Gasteiger partial charge in [0.2, 0.25) is 11.8 Å². The first-order valence-corrected chi connectivity index (χ1v) is 11.5. The minimum atomic E-state index is -0.517. The fraction of sp³-hybridized carbons (Fsp3) is 0.222. The second kappa shape index (κ2) is 12.6. The van der Waals surface area contributed by atoms with Crippen molar-refractivity contribution in [3.63, 3.8) is 0 Å². The van der Waals surface area contributed by atoms with Crippen LogP contribution >= 0.6 is 11.6 Å².